The molecule has 0 aliphatic carbocycles. The zero-order chi connectivity index (χ0) is 20.2. The van der Waals surface area contributed by atoms with Gasteiger partial charge in [0, 0.05) is 28.6 Å². The highest BCUT2D eigenvalue weighted by molar-refractivity contribution is 6.30. The van der Waals surface area contributed by atoms with Gasteiger partial charge in [-0.1, -0.05) is 29.8 Å². The number of benzene rings is 3. The van der Waals surface area contributed by atoms with Crippen LogP contribution < -0.4 is 4.74 Å². The van der Waals surface area contributed by atoms with Crippen molar-refractivity contribution in [3.63, 3.8) is 0 Å². The van der Waals surface area contributed by atoms with Crippen molar-refractivity contribution < 1.29 is 18.7 Å². The molecule has 4 rings (SSSR count). The van der Waals surface area contributed by atoms with Crippen LogP contribution in [0.3, 0.4) is 0 Å². The van der Waals surface area contributed by atoms with Crippen molar-refractivity contribution in [2.75, 3.05) is 0 Å². The first-order chi connectivity index (χ1) is 14.1. The van der Waals surface area contributed by atoms with Gasteiger partial charge < -0.3 is 9.15 Å². The maximum atomic E-state index is 12.2. The van der Waals surface area contributed by atoms with Crippen LogP contribution in [0.25, 0.3) is 22.6 Å². The summed E-state index contributed by atoms with van der Waals surface area (Å²) in [5.74, 6) is 0.209. The molecule has 0 aliphatic heterocycles. The van der Waals surface area contributed by atoms with Crippen LogP contribution in [0.4, 0.5) is 0 Å². The standard InChI is InChI=1S/C23H16ClNO4/c24-17-8-6-15(7-9-17)20(26)12-13-22(27)28-18-10-11-19-21(14-18)29-23(25-19)16-4-2-1-3-5-16/h1-11,14H,12-13H2. The Morgan fingerprint density at radius 1 is 0.931 bits per heavy atom. The van der Waals surface area contributed by atoms with Gasteiger partial charge in [0.05, 0.1) is 6.42 Å². The fourth-order valence-corrected chi connectivity index (χ4v) is 2.98. The van der Waals surface area contributed by atoms with Gasteiger partial charge in [-0.3, -0.25) is 9.59 Å². The minimum atomic E-state index is -0.491. The van der Waals surface area contributed by atoms with Crippen molar-refractivity contribution in [2.45, 2.75) is 12.8 Å². The van der Waals surface area contributed by atoms with Crippen molar-refractivity contribution in [2.24, 2.45) is 0 Å². The third-order valence-corrected chi connectivity index (χ3v) is 4.59. The molecular formula is C23H16ClNO4. The van der Waals surface area contributed by atoms with Crippen molar-refractivity contribution in [3.8, 4) is 17.2 Å². The van der Waals surface area contributed by atoms with Gasteiger partial charge in [0.1, 0.15) is 11.3 Å². The first-order valence-electron chi connectivity index (χ1n) is 9.04. The summed E-state index contributed by atoms with van der Waals surface area (Å²) in [6.45, 7) is 0. The number of carbonyl (C=O) groups is 2. The molecule has 5 nitrogen and oxygen atoms in total. The average Bonchev–Trinajstić information content (AvgIpc) is 3.17. The molecule has 0 saturated heterocycles. The molecule has 0 saturated carbocycles. The predicted molar refractivity (Wildman–Crippen MR) is 110 cm³/mol. The number of halogens is 1. The number of esters is 1. The first-order valence-corrected chi connectivity index (χ1v) is 9.42. The summed E-state index contributed by atoms with van der Waals surface area (Å²) in [5, 5.41) is 0.555. The topological polar surface area (TPSA) is 69.4 Å². The second-order valence-electron chi connectivity index (χ2n) is 6.42. The Kier molecular flexibility index (Phi) is 5.40. The Bertz CT molecular complexity index is 1170. The Labute approximate surface area is 171 Å². The molecule has 0 unspecified atom stereocenters. The van der Waals surface area contributed by atoms with E-state index in [1.54, 1.807) is 42.5 Å². The van der Waals surface area contributed by atoms with Crippen molar-refractivity contribution >= 4 is 34.5 Å². The van der Waals surface area contributed by atoms with Crippen LogP contribution in [0.2, 0.25) is 5.02 Å². The Balaban J connectivity index is 1.40. The fraction of sp³-hybridized carbons (Fsp3) is 0.0870. The van der Waals surface area contributed by atoms with Gasteiger partial charge in [-0.25, -0.2) is 4.98 Å². The SMILES string of the molecule is O=C(CCC(=O)c1ccc(Cl)cc1)Oc1ccc2nc(-c3ccccc3)oc2c1. The highest BCUT2D eigenvalue weighted by Gasteiger charge is 2.13. The lowest BCUT2D eigenvalue weighted by Gasteiger charge is -2.04. The summed E-state index contributed by atoms with van der Waals surface area (Å²) >= 11 is 5.81. The smallest absolute Gasteiger partial charge is 0.311 e. The molecule has 3 aromatic carbocycles. The van der Waals surface area contributed by atoms with Crippen molar-refractivity contribution in [1.82, 2.24) is 4.98 Å². The number of nitrogens with zero attached hydrogens (tertiary/aromatic N) is 1. The quantitative estimate of drug-likeness (QED) is 0.233. The molecule has 0 spiro atoms. The monoisotopic (exact) mass is 405 g/mol. The number of hydrogen-bond acceptors (Lipinski definition) is 5. The number of oxazole rings is 1. The van der Waals surface area contributed by atoms with Gasteiger partial charge in [0.2, 0.25) is 5.89 Å². The van der Waals surface area contributed by atoms with E-state index < -0.39 is 5.97 Å². The molecule has 6 heteroatoms. The van der Waals surface area contributed by atoms with E-state index in [0.29, 0.717) is 33.3 Å². The van der Waals surface area contributed by atoms with E-state index in [-0.39, 0.29) is 18.6 Å². The van der Waals surface area contributed by atoms with Gasteiger partial charge in [-0.15, -0.1) is 0 Å². The summed E-state index contributed by atoms with van der Waals surface area (Å²) in [7, 11) is 0. The maximum Gasteiger partial charge on any atom is 0.311 e. The van der Waals surface area contributed by atoms with Crippen molar-refractivity contribution in [3.05, 3.63) is 83.4 Å². The van der Waals surface area contributed by atoms with Gasteiger partial charge in [-0.05, 0) is 48.5 Å². The molecule has 1 heterocycles. The fourth-order valence-electron chi connectivity index (χ4n) is 2.85. The van der Waals surface area contributed by atoms with Gasteiger partial charge in [-0.2, -0.15) is 0 Å². The second kappa shape index (κ2) is 8.29. The van der Waals surface area contributed by atoms with Crippen LogP contribution in [0.1, 0.15) is 23.2 Å². The second-order valence-corrected chi connectivity index (χ2v) is 6.86. The number of aromatic nitrogens is 1. The molecule has 0 fully saturated rings. The molecule has 0 N–H and O–H groups in total. The van der Waals surface area contributed by atoms with Crippen LogP contribution in [0.15, 0.2) is 77.2 Å². The van der Waals surface area contributed by atoms with Gasteiger partial charge >= 0.3 is 5.97 Å². The Morgan fingerprint density at radius 3 is 2.45 bits per heavy atom. The summed E-state index contributed by atoms with van der Waals surface area (Å²) in [5.41, 5.74) is 2.56. The molecule has 4 aromatic rings. The average molecular weight is 406 g/mol. The van der Waals surface area contributed by atoms with E-state index in [1.807, 2.05) is 30.3 Å². The maximum absolute atomic E-state index is 12.2. The summed E-state index contributed by atoms with van der Waals surface area (Å²) in [6, 6.07) is 21.1. The predicted octanol–water partition coefficient (Wildman–Crippen LogP) is 5.72. The molecule has 0 aliphatic rings. The minimum absolute atomic E-state index is 0.0227. The van der Waals surface area contributed by atoms with Crippen molar-refractivity contribution in [1.29, 1.82) is 0 Å². The van der Waals surface area contributed by atoms with E-state index in [0.717, 1.165) is 5.56 Å². The molecule has 1 aromatic heterocycles. The zero-order valence-corrected chi connectivity index (χ0v) is 16.1. The number of carbonyl (C=O) groups excluding carboxylic acids is 2. The summed E-state index contributed by atoms with van der Waals surface area (Å²) < 4.78 is 11.1. The van der Waals surface area contributed by atoms with E-state index >= 15 is 0 Å². The van der Waals surface area contributed by atoms with Crippen LogP contribution in [-0.2, 0) is 4.79 Å². The molecule has 0 amide bonds. The number of ether oxygens (including phenoxy) is 1. The zero-order valence-electron chi connectivity index (χ0n) is 15.3. The van der Waals surface area contributed by atoms with Crippen LogP contribution in [-0.4, -0.2) is 16.7 Å². The van der Waals surface area contributed by atoms with Gasteiger partial charge in [0.25, 0.3) is 0 Å². The van der Waals surface area contributed by atoms with E-state index in [1.165, 1.54) is 0 Å². The number of ketones is 1. The molecule has 0 radical (unpaired) electrons. The normalized spacial score (nSPS) is 10.8. The third-order valence-electron chi connectivity index (χ3n) is 4.33. The molecule has 0 bridgehead atoms. The number of fused-ring (bicyclic) bond motifs is 1. The van der Waals surface area contributed by atoms with E-state index in [9.17, 15) is 9.59 Å². The number of rotatable bonds is 6. The lowest BCUT2D eigenvalue weighted by molar-refractivity contribution is -0.134. The largest absolute Gasteiger partial charge is 0.436 e. The van der Waals surface area contributed by atoms with E-state index in [2.05, 4.69) is 4.98 Å². The first kappa shape index (κ1) is 18.9. The van der Waals surface area contributed by atoms with Gasteiger partial charge in [0.15, 0.2) is 11.4 Å². The molecular weight excluding hydrogens is 390 g/mol. The Morgan fingerprint density at radius 2 is 1.69 bits per heavy atom. The van der Waals surface area contributed by atoms with Crippen LogP contribution in [0, 0.1) is 0 Å². The highest BCUT2D eigenvalue weighted by Crippen LogP contribution is 2.27. The third kappa shape index (κ3) is 4.52. The minimum Gasteiger partial charge on any atom is -0.436 e. The van der Waals surface area contributed by atoms with E-state index in [4.69, 9.17) is 20.8 Å². The lowest BCUT2D eigenvalue weighted by Crippen LogP contribution is -2.10. The summed E-state index contributed by atoms with van der Waals surface area (Å²) in [4.78, 5) is 28.7. The van der Waals surface area contributed by atoms with Crippen LogP contribution >= 0.6 is 11.6 Å². The number of hydrogen-bond donors (Lipinski definition) is 0. The molecule has 144 valence electrons. The highest BCUT2D eigenvalue weighted by atomic mass is 35.5. The lowest BCUT2D eigenvalue weighted by atomic mass is 10.1. The van der Waals surface area contributed by atoms with Crippen LogP contribution in [0.5, 0.6) is 5.75 Å². The number of Topliss-reactive ketones (excluding diaryl/α,β-unsaturated/α-hetero) is 1. The molecule has 29 heavy (non-hydrogen) atoms. The summed E-state index contributed by atoms with van der Waals surface area (Å²) in [6.07, 6.45) is 0.0361. The Hall–Kier alpha value is -3.44. The molecule has 0 atom stereocenters.